The Morgan fingerprint density at radius 2 is 1.82 bits per heavy atom. The van der Waals surface area contributed by atoms with Crippen LogP contribution in [0.3, 0.4) is 0 Å². The lowest BCUT2D eigenvalue weighted by atomic mass is 10.2. The van der Waals surface area contributed by atoms with Crippen LogP contribution in [-0.2, 0) is 6.18 Å². The van der Waals surface area contributed by atoms with Crippen LogP contribution in [0.2, 0.25) is 0 Å². The number of alkyl halides is 3. The fourth-order valence-electron chi connectivity index (χ4n) is 1.18. The fourth-order valence-corrected chi connectivity index (χ4v) is 2.34. The Bertz CT molecular complexity index is 507. The first kappa shape index (κ1) is 12.4. The highest BCUT2D eigenvalue weighted by Crippen LogP contribution is 2.30. The summed E-state index contributed by atoms with van der Waals surface area (Å²) in [5.74, 6) is 0. The quantitative estimate of drug-likeness (QED) is 0.869. The predicted octanol–water partition coefficient (Wildman–Crippen LogP) is 4.67. The minimum atomic E-state index is -4.30. The van der Waals surface area contributed by atoms with Crippen molar-refractivity contribution >= 4 is 38.1 Å². The van der Waals surface area contributed by atoms with Gasteiger partial charge in [0.25, 0.3) is 0 Å². The van der Waals surface area contributed by atoms with E-state index in [0.717, 1.165) is 12.1 Å². The van der Waals surface area contributed by atoms with Gasteiger partial charge in [-0.15, -0.1) is 11.3 Å². The SMILES string of the molecule is FC(F)(F)c1ccc(Nc2nc(Br)cs2)cc1. The molecule has 0 saturated heterocycles. The van der Waals surface area contributed by atoms with Crippen molar-refractivity contribution in [2.45, 2.75) is 6.18 Å². The van der Waals surface area contributed by atoms with Crippen LogP contribution in [0.4, 0.5) is 24.0 Å². The first-order valence-electron chi connectivity index (χ1n) is 4.50. The summed E-state index contributed by atoms with van der Waals surface area (Å²) in [6, 6.07) is 4.81. The van der Waals surface area contributed by atoms with Crippen molar-refractivity contribution < 1.29 is 13.2 Å². The fraction of sp³-hybridized carbons (Fsp3) is 0.100. The number of aromatic nitrogens is 1. The summed E-state index contributed by atoms with van der Waals surface area (Å²) in [7, 11) is 0. The zero-order valence-electron chi connectivity index (χ0n) is 8.25. The molecule has 1 N–H and O–H groups in total. The van der Waals surface area contributed by atoms with Crippen molar-refractivity contribution in [3.63, 3.8) is 0 Å². The molecule has 0 aliphatic rings. The monoisotopic (exact) mass is 322 g/mol. The number of hydrogen-bond donors (Lipinski definition) is 1. The normalized spacial score (nSPS) is 11.5. The Hall–Kier alpha value is -1.08. The molecule has 7 heteroatoms. The molecular weight excluding hydrogens is 317 g/mol. The van der Waals surface area contributed by atoms with Crippen molar-refractivity contribution in [3.8, 4) is 0 Å². The van der Waals surface area contributed by atoms with Crippen LogP contribution >= 0.6 is 27.3 Å². The average molecular weight is 323 g/mol. The van der Waals surface area contributed by atoms with Crippen LogP contribution in [0.5, 0.6) is 0 Å². The molecule has 0 fully saturated rings. The molecule has 0 atom stereocenters. The van der Waals surface area contributed by atoms with Gasteiger partial charge < -0.3 is 5.32 Å². The third-order valence-corrected chi connectivity index (χ3v) is 3.41. The average Bonchev–Trinajstić information content (AvgIpc) is 2.63. The first-order valence-corrected chi connectivity index (χ1v) is 6.18. The van der Waals surface area contributed by atoms with Gasteiger partial charge in [0.15, 0.2) is 5.13 Å². The third kappa shape index (κ3) is 3.19. The van der Waals surface area contributed by atoms with Crippen LogP contribution in [0.15, 0.2) is 34.2 Å². The summed E-state index contributed by atoms with van der Waals surface area (Å²) >= 11 is 4.56. The van der Waals surface area contributed by atoms with E-state index in [0.29, 0.717) is 15.4 Å². The molecule has 0 aliphatic carbocycles. The molecular formula is C10H6BrF3N2S. The lowest BCUT2D eigenvalue weighted by Crippen LogP contribution is -2.04. The molecule has 2 aromatic rings. The van der Waals surface area contributed by atoms with Crippen LogP contribution in [-0.4, -0.2) is 4.98 Å². The maximum Gasteiger partial charge on any atom is 0.416 e. The Kier molecular flexibility index (Phi) is 3.39. The topological polar surface area (TPSA) is 24.9 Å². The van der Waals surface area contributed by atoms with Gasteiger partial charge in [-0.1, -0.05) is 0 Å². The molecule has 90 valence electrons. The van der Waals surface area contributed by atoms with E-state index in [9.17, 15) is 13.2 Å². The van der Waals surface area contributed by atoms with Crippen LogP contribution in [0.1, 0.15) is 5.56 Å². The van der Waals surface area contributed by atoms with Gasteiger partial charge in [0, 0.05) is 11.1 Å². The molecule has 0 unspecified atom stereocenters. The van der Waals surface area contributed by atoms with Crippen LogP contribution in [0, 0.1) is 0 Å². The highest BCUT2D eigenvalue weighted by molar-refractivity contribution is 9.10. The second-order valence-electron chi connectivity index (χ2n) is 3.18. The number of rotatable bonds is 2. The van der Waals surface area contributed by atoms with E-state index in [-0.39, 0.29) is 0 Å². The van der Waals surface area contributed by atoms with E-state index in [1.165, 1.54) is 23.5 Å². The van der Waals surface area contributed by atoms with Crippen LogP contribution in [0.25, 0.3) is 0 Å². The number of anilines is 2. The van der Waals surface area contributed by atoms with Gasteiger partial charge in [-0.2, -0.15) is 13.2 Å². The lowest BCUT2D eigenvalue weighted by molar-refractivity contribution is -0.137. The largest absolute Gasteiger partial charge is 0.416 e. The van der Waals surface area contributed by atoms with E-state index in [4.69, 9.17) is 0 Å². The Labute approximate surface area is 108 Å². The summed E-state index contributed by atoms with van der Waals surface area (Å²) in [6.07, 6.45) is -4.30. The van der Waals surface area contributed by atoms with Crippen molar-refractivity contribution in [3.05, 3.63) is 39.8 Å². The molecule has 0 radical (unpaired) electrons. The maximum absolute atomic E-state index is 12.3. The third-order valence-electron chi connectivity index (χ3n) is 1.94. The van der Waals surface area contributed by atoms with Crippen molar-refractivity contribution in [2.75, 3.05) is 5.32 Å². The van der Waals surface area contributed by atoms with E-state index >= 15 is 0 Å². The summed E-state index contributed by atoms with van der Waals surface area (Å²) in [6.45, 7) is 0. The number of hydrogen-bond acceptors (Lipinski definition) is 3. The number of halogens is 4. The number of thiazole rings is 1. The molecule has 17 heavy (non-hydrogen) atoms. The van der Waals surface area contributed by atoms with E-state index in [2.05, 4.69) is 26.2 Å². The minimum absolute atomic E-state index is 0.569. The lowest BCUT2D eigenvalue weighted by Gasteiger charge is -2.07. The van der Waals surface area contributed by atoms with Crippen LogP contribution < -0.4 is 5.32 Å². The van der Waals surface area contributed by atoms with Crippen molar-refractivity contribution in [1.29, 1.82) is 0 Å². The predicted molar refractivity (Wildman–Crippen MR) is 64.5 cm³/mol. The molecule has 0 spiro atoms. The smallest absolute Gasteiger partial charge is 0.332 e. The molecule has 1 aromatic heterocycles. The molecule has 0 bridgehead atoms. The second kappa shape index (κ2) is 4.66. The summed E-state index contributed by atoms with van der Waals surface area (Å²) < 4.78 is 37.6. The zero-order valence-corrected chi connectivity index (χ0v) is 10.7. The van der Waals surface area contributed by atoms with E-state index in [1.54, 1.807) is 5.38 Å². The molecule has 2 rings (SSSR count). The Balaban J connectivity index is 2.13. The molecule has 2 nitrogen and oxygen atoms in total. The van der Waals surface area contributed by atoms with Gasteiger partial charge in [-0.25, -0.2) is 4.98 Å². The van der Waals surface area contributed by atoms with Crippen molar-refractivity contribution in [1.82, 2.24) is 4.98 Å². The number of nitrogens with one attached hydrogen (secondary N) is 1. The van der Waals surface area contributed by atoms with Gasteiger partial charge in [-0.3, -0.25) is 0 Å². The molecule has 0 amide bonds. The molecule has 1 heterocycles. The molecule has 0 aliphatic heterocycles. The van der Waals surface area contributed by atoms with E-state index in [1.807, 2.05) is 0 Å². The first-order chi connectivity index (χ1) is 7.95. The Morgan fingerprint density at radius 3 is 2.29 bits per heavy atom. The standard InChI is InChI=1S/C10H6BrF3N2S/c11-8-5-17-9(16-8)15-7-3-1-6(2-4-7)10(12,13)14/h1-5H,(H,15,16). The number of benzene rings is 1. The molecule has 1 aromatic carbocycles. The molecule has 0 saturated carbocycles. The second-order valence-corrected chi connectivity index (χ2v) is 4.85. The zero-order chi connectivity index (χ0) is 12.5. The minimum Gasteiger partial charge on any atom is -0.332 e. The summed E-state index contributed by atoms with van der Waals surface area (Å²) in [4.78, 5) is 4.08. The summed E-state index contributed by atoms with van der Waals surface area (Å²) in [5.41, 5.74) is -0.0942. The summed E-state index contributed by atoms with van der Waals surface area (Å²) in [5, 5.41) is 5.32. The Morgan fingerprint density at radius 1 is 1.18 bits per heavy atom. The van der Waals surface area contributed by atoms with Gasteiger partial charge in [-0.05, 0) is 40.2 Å². The van der Waals surface area contributed by atoms with E-state index < -0.39 is 11.7 Å². The number of nitrogens with zero attached hydrogens (tertiary/aromatic N) is 1. The van der Waals surface area contributed by atoms with Crippen molar-refractivity contribution in [2.24, 2.45) is 0 Å². The van der Waals surface area contributed by atoms with Gasteiger partial charge in [0.1, 0.15) is 4.60 Å². The van der Waals surface area contributed by atoms with Gasteiger partial charge in [0.05, 0.1) is 5.56 Å². The highest BCUT2D eigenvalue weighted by atomic mass is 79.9. The van der Waals surface area contributed by atoms with Gasteiger partial charge in [0.2, 0.25) is 0 Å². The van der Waals surface area contributed by atoms with Gasteiger partial charge >= 0.3 is 6.18 Å². The maximum atomic E-state index is 12.3. The highest BCUT2D eigenvalue weighted by Gasteiger charge is 2.29.